The summed E-state index contributed by atoms with van der Waals surface area (Å²) in [7, 11) is 0. The Bertz CT molecular complexity index is 2280. The van der Waals surface area contributed by atoms with Crippen molar-refractivity contribution < 1.29 is 9.47 Å². The van der Waals surface area contributed by atoms with E-state index in [1.54, 1.807) is 0 Å². The summed E-state index contributed by atoms with van der Waals surface area (Å²) >= 11 is 0. The van der Waals surface area contributed by atoms with Gasteiger partial charge in [0.1, 0.15) is 23.0 Å². The van der Waals surface area contributed by atoms with Gasteiger partial charge in [-0.25, -0.2) is 0 Å². The van der Waals surface area contributed by atoms with Gasteiger partial charge in [0.25, 0.3) is 6.71 Å². The van der Waals surface area contributed by atoms with Crippen LogP contribution in [0.25, 0.3) is 33.6 Å². The molecule has 4 aromatic carbocycles. The van der Waals surface area contributed by atoms with Crippen LogP contribution in [0.2, 0.25) is 0 Å². The minimum Gasteiger partial charge on any atom is -0.457 e. The molecule has 6 nitrogen and oxygen atoms in total. The van der Waals surface area contributed by atoms with Crippen molar-refractivity contribution in [2.45, 2.75) is 59.3 Å². The van der Waals surface area contributed by atoms with Gasteiger partial charge in [-0.05, 0) is 106 Å². The Morgan fingerprint density at radius 1 is 0.481 bits per heavy atom. The van der Waals surface area contributed by atoms with Crippen molar-refractivity contribution in [1.29, 1.82) is 0 Å². The molecule has 0 atom stereocenters. The lowest BCUT2D eigenvalue weighted by Crippen LogP contribution is -2.51. The van der Waals surface area contributed by atoms with Crippen LogP contribution in [0.15, 0.2) is 134 Å². The van der Waals surface area contributed by atoms with Crippen molar-refractivity contribution in [3.05, 3.63) is 151 Å². The second-order valence-corrected chi connectivity index (χ2v) is 14.9. The van der Waals surface area contributed by atoms with E-state index in [1.165, 1.54) is 0 Å². The first-order chi connectivity index (χ1) is 26.2. The molecule has 0 spiro atoms. The lowest BCUT2D eigenvalue weighted by atomic mass is 9.42. The third-order valence-electron chi connectivity index (χ3n) is 10.2. The van der Waals surface area contributed by atoms with Crippen LogP contribution in [0.3, 0.4) is 0 Å². The van der Waals surface area contributed by atoms with Crippen LogP contribution in [0.4, 0.5) is 0 Å². The van der Waals surface area contributed by atoms with Crippen LogP contribution in [-0.2, 0) is 0 Å². The van der Waals surface area contributed by atoms with Crippen molar-refractivity contribution in [2.75, 3.05) is 0 Å². The zero-order chi connectivity index (χ0) is 37.3. The largest absolute Gasteiger partial charge is 0.457 e. The topological polar surface area (TPSA) is 70.0 Å². The van der Waals surface area contributed by atoms with Crippen LogP contribution in [0.5, 0.6) is 23.0 Å². The summed E-state index contributed by atoms with van der Waals surface area (Å²) in [6.07, 6.45) is 7.56. The summed E-state index contributed by atoms with van der Waals surface area (Å²) in [5, 5.41) is 0. The summed E-state index contributed by atoms with van der Waals surface area (Å²) in [5.74, 6) is 4.04. The first kappa shape index (κ1) is 35.0. The Labute approximate surface area is 318 Å². The molecule has 3 aromatic heterocycles. The molecule has 1 aliphatic rings. The monoisotopic (exact) mass is 706 g/mol. The van der Waals surface area contributed by atoms with Gasteiger partial charge in [0.05, 0.1) is 17.1 Å². The van der Waals surface area contributed by atoms with Crippen LogP contribution in [0.1, 0.15) is 76.0 Å². The summed E-state index contributed by atoms with van der Waals surface area (Å²) < 4.78 is 13.6. The third kappa shape index (κ3) is 6.90. The zero-order valence-electron chi connectivity index (χ0n) is 31.6. The Morgan fingerprint density at radius 2 is 0.963 bits per heavy atom. The van der Waals surface area contributed by atoms with Crippen LogP contribution < -0.4 is 26.1 Å². The molecule has 54 heavy (non-hydrogen) atoms. The van der Waals surface area contributed by atoms with E-state index in [0.29, 0.717) is 5.92 Å². The first-order valence-corrected chi connectivity index (χ1v) is 18.8. The number of fused-ring (bicyclic) bond motifs is 3. The highest BCUT2D eigenvalue weighted by molar-refractivity contribution is 6.98. The van der Waals surface area contributed by atoms with E-state index in [-0.39, 0.29) is 18.5 Å². The molecule has 4 heterocycles. The minimum atomic E-state index is -0.211. The standard InChI is InChI=1S/C47H43BN4O2/c1-29(2)34-27-51-47(52-28-34)48-41-25-35(53-45-23-32(13-17-37(45)30(3)4)43-11-7-9-21-49-43)15-19-39(41)40-20-16-36(26-42(40)48)54-46-24-33(14-18-38(46)31(5)6)44-12-8-10-22-50-44/h7-31H,1-6H3. The Morgan fingerprint density at radius 3 is 1.37 bits per heavy atom. The number of ether oxygens (including phenoxy) is 2. The maximum atomic E-state index is 6.78. The fraction of sp³-hybridized carbons (Fsp3) is 0.191. The van der Waals surface area contributed by atoms with Crippen molar-refractivity contribution in [1.82, 2.24) is 19.9 Å². The maximum absolute atomic E-state index is 6.78. The third-order valence-corrected chi connectivity index (χ3v) is 10.2. The molecule has 7 aromatic rings. The molecule has 0 N–H and O–H groups in total. The maximum Gasteiger partial charge on any atom is 0.291 e. The summed E-state index contributed by atoms with van der Waals surface area (Å²) in [4.78, 5) is 19.1. The lowest BCUT2D eigenvalue weighted by molar-refractivity contribution is 0.473. The highest BCUT2D eigenvalue weighted by atomic mass is 16.5. The van der Waals surface area contributed by atoms with Gasteiger partial charge in [-0.3, -0.25) is 19.9 Å². The van der Waals surface area contributed by atoms with Gasteiger partial charge >= 0.3 is 0 Å². The predicted octanol–water partition coefficient (Wildman–Crippen LogP) is 10.1. The van der Waals surface area contributed by atoms with E-state index in [2.05, 4.69) is 124 Å². The number of nitrogens with zero attached hydrogens (tertiary/aromatic N) is 4. The first-order valence-electron chi connectivity index (χ1n) is 18.8. The Hall–Kier alpha value is -6.08. The molecular weight excluding hydrogens is 663 g/mol. The van der Waals surface area contributed by atoms with Crippen molar-refractivity contribution in [2.24, 2.45) is 0 Å². The Kier molecular flexibility index (Phi) is 9.55. The molecule has 0 saturated heterocycles. The van der Waals surface area contributed by atoms with Gasteiger partial charge in [0.15, 0.2) is 0 Å². The second kappa shape index (κ2) is 14.7. The fourth-order valence-electron chi connectivity index (χ4n) is 7.26. The van der Waals surface area contributed by atoms with Gasteiger partial charge in [0.2, 0.25) is 0 Å². The van der Waals surface area contributed by atoms with E-state index in [9.17, 15) is 0 Å². The number of benzene rings is 4. The lowest BCUT2D eigenvalue weighted by Gasteiger charge is -2.17. The minimum absolute atomic E-state index is 0.211. The van der Waals surface area contributed by atoms with Gasteiger partial charge in [-0.15, -0.1) is 0 Å². The molecule has 0 unspecified atom stereocenters. The van der Waals surface area contributed by atoms with Crippen molar-refractivity contribution >= 4 is 23.4 Å². The molecule has 0 aliphatic carbocycles. The van der Waals surface area contributed by atoms with E-state index >= 15 is 0 Å². The van der Waals surface area contributed by atoms with Gasteiger partial charge in [-0.2, -0.15) is 0 Å². The molecule has 266 valence electrons. The van der Waals surface area contributed by atoms with E-state index in [0.717, 1.165) is 90.0 Å². The predicted molar refractivity (Wildman–Crippen MR) is 220 cm³/mol. The molecule has 0 amide bonds. The number of aromatic nitrogens is 4. The summed E-state index contributed by atoms with van der Waals surface area (Å²) in [6.45, 7) is 12.9. The normalized spacial score (nSPS) is 12.0. The molecule has 7 heteroatoms. The number of hydrogen-bond donors (Lipinski definition) is 0. The zero-order valence-corrected chi connectivity index (χ0v) is 31.6. The van der Waals surface area contributed by atoms with Crippen LogP contribution in [0, 0.1) is 0 Å². The van der Waals surface area contributed by atoms with Gasteiger partial charge < -0.3 is 9.47 Å². The molecule has 0 bridgehead atoms. The molecular formula is C47H43BN4O2. The number of pyridine rings is 2. The van der Waals surface area contributed by atoms with Crippen molar-refractivity contribution in [3.63, 3.8) is 0 Å². The quantitative estimate of drug-likeness (QED) is 0.132. The van der Waals surface area contributed by atoms with E-state index < -0.39 is 0 Å². The number of hydrogen-bond acceptors (Lipinski definition) is 6. The highest BCUT2D eigenvalue weighted by Gasteiger charge is 2.37. The summed E-state index contributed by atoms with van der Waals surface area (Å²) in [5.41, 5.74) is 12.4. The van der Waals surface area contributed by atoms with E-state index in [1.807, 2.05) is 61.2 Å². The SMILES string of the molecule is CC(C)c1cnc(B2c3cc(Oc4cc(-c5ccccn5)ccc4C(C)C)ccc3-c3ccc(Oc4cc(-c5ccccn5)ccc4C(C)C)cc32)nc1. The smallest absolute Gasteiger partial charge is 0.291 e. The highest BCUT2D eigenvalue weighted by Crippen LogP contribution is 2.38. The molecule has 1 aliphatic heterocycles. The van der Waals surface area contributed by atoms with Crippen LogP contribution >= 0.6 is 0 Å². The van der Waals surface area contributed by atoms with Gasteiger partial charge in [-0.1, -0.05) is 101 Å². The molecule has 0 radical (unpaired) electrons. The number of rotatable bonds is 10. The average molecular weight is 707 g/mol. The fourth-order valence-corrected chi connectivity index (χ4v) is 7.26. The average Bonchev–Trinajstić information content (AvgIpc) is 3.51. The summed E-state index contributed by atoms with van der Waals surface area (Å²) in [6, 6.07) is 37.4. The van der Waals surface area contributed by atoms with Gasteiger partial charge in [0, 0.05) is 35.9 Å². The molecule has 8 rings (SSSR count). The molecule has 0 fully saturated rings. The van der Waals surface area contributed by atoms with Crippen LogP contribution in [-0.4, -0.2) is 26.6 Å². The molecule has 0 saturated carbocycles. The van der Waals surface area contributed by atoms with E-state index in [4.69, 9.17) is 19.4 Å². The second-order valence-electron chi connectivity index (χ2n) is 14.9. The van der Waals surface area contributed by atoms with Crippen molar-refractivity contribution in [3.8, 4) is 56.6 Å². The Balaban J connectivity index is 1.19.